The van der Waals surface area contributed by atoms with Gasteiger partial charge in [0.25, 0.3) is 0 Å². The predicted octanol–water partition coefficient (Wildman–Crippen LogP) is 3.70. The van der Waals surface area contributed by atoms with Crippen molar-refractivity contribution in [2.75, 3.05) is 0 Å². The third-order valence-electron chi connectivity index (χ3n) is 3.02. The standard InChI is InChI=1S/C14H16OS/c1-10(2)12-8-9-13(15)14(12)16-11-6-4-3-5-7-11/h3-7,12,14H,1,8-9H2,2H3. The molecule has 0 amide bonds. The number of ketones is 1. The molecule has 0 radical (unpaired) electrons. The molecule has 0 saturated heterocycles. The van der Waals surface area contributed by atoms with E-state index in [1.54, 1.807) is 11.8 Å². The van der Waals surface area contributed by atoms with Gasteiger partial charge in [0, 0.05) is 11.3 Å². The average Bonchev–Trinajstić information content (AvgIpc) is 2.62. The van der Waals surface area contributed by atoms with Gasteiger partial charge in [-0.05, 0) is 31.4 Å². The summed E-state index contributed by atoms with van der Waals surface area (Å²) in [6.45, 7) is 6.03. The lowest BCUT2D eigenvalue weighted by Crippen LogP contribution is -2.17. The molecule has 2 heteroatoms. The van der Waals surface area contributed by atoms with Crippen molar-refractivity contribution in [3.63, 3.8) is 0 Å². The van der Waals surface area contributed by atoms with Gasteiger partial charge < -0.3 is 0 Å². The Balaban J connectivity index is 2.13. The Morgan fingerprint density at radius 1 is 1.38 bits per heavy atom. The highest BCUT2D eigenvalue weighted by molar-refractivity contribution is 8.00. The maximum Gasteiger partial charge on any atom is 0.146 e. The first-order valence-electron chi connectivity index (χ1n) is 5.58. The van der Waals surface area contributed by atoms with Gasteiger partial charge in [-0.25, -0.2) is 0 Å². The number of hydrogen-bond donors (Lipinski definition) is 0. The lowest BCUT2D eigenvalue weighted by Gasteiger charge is -2.17. The monoisotopic (exact) mass is 232 g/mol. The molecule has 16 heavy (non-hydrogen) atoms. The van der Waals surface area contributed by atoms with Gasteiger partial charge in [0.1, 0.15) is 5.78 Å². The molecule has 0 aromatic heterocycles. The van der Waals surface area contributed by atoms with E-state index < -0.39 is 0 Å². The van der Waals surface area contributed by atoms with E-state index in [4.69, 9.17) is 0 Å². The van der Waals surface area contributed by atoms with Crippen LogP contribution in [0.4, 0.5) is 0 Å². The Hall–Kier alpha value is -1.02. The van der Waals surface area contributed by atoms with Crippen LogP contribution in [0.1, 0.15) is 19.8 Å². The van der Waals surface area contributed by atoms with Gasteiger partial charge in [-0.2, -0.15) is 0 Å². The second kappa shape index (κ2) is 4.88. The Bertz CT molecular complexity index is 396. The van der Waals surface area contributed by atoms with Crippen LogP contribution < -0.4 is 0 Å². The first kappa shape index (κ1) is 11.5. The fourth-order valence-corrected chi connectivity index (χ4v) is 3.50. The van der Waals surface area contributed by atoms with Crippen LogP contribution in [-0.4, -0.2) is 11.0 Å². The van der Waals surface area contributed by atoms with E-state index in [-0.39, 0.29) is 5.25 Å². The minimum absolute atomic E-state index is 0.0832. The number of thioether (sulfide) groups is 1. The quantitative estimate of drug-likeness (QED) is 0.739. The fourth-order valence-electron chi connectivity index (χ4n) is 2.11. The fraction of sp³-hybridized carbons (Fsp3) is 0.357. The van der Waals surface area contributed by atoms with Crippen LogP contribution in [-0.2, 0) is 4.79 Å². The molecule has 1 aromatic rings. The summed E-state index contributed by atoms with van der Waals surface area (Å²) in [5.41, 5.74) is 1.14. The van der Waals surface area contributed by atoms with Gasteiger partial charge in [-0.15, -0.1) is 11.8 Å². The van der Waals surface area contributed by atoms with Crippen LogP contribution in [0.25, 0.3) is 0 Å². The molecule has 84 valence electrons. The van der Waals surface area contributed by atoms with Crippen molar-refractivity contribution in [2.24, 2.45) is 5.92 Å². The van der Waals surface area contributed by atoms with Crippen molar-refractivity contribution < 1.29 is 4.79 Å². The zero-order valence-corrected chi connectivity index (χ0v) is 10.3. The summed E-state index contributed by atoms with van der Waals surface area (Å²) in [5, 5.41) is 0.0832. The molecule has 1 fully saturated rings. The number of carbonyl (C=O) groups excluding carboxylic acids is 1. The van der Waals surface area contributed by atoms with Crippen LogP contribution in [0.15, 0.2) is 47.4 Å². The Morgan fingerprint density at radius 3 is 2.69 bits per heavy atom. The Labute approximate surface area is 101 Å². The number of Topliss-reactive ketones (excluding diaryl/α,β-unsaturated/α-hetero) is 1. The molecule has 1 saturated carbocycles. The topological polar surface area (TPSA) is 17.1 Å². The first-order valence-corrected chi connectivity index (χ1v) is 6.46. The van der Waals surface area contributed by atoms with Crippen molar-refractivity contribution in [3.8, 4) is 0 Å². The molecule has 0 heterocycles. The molecular weight excluding hydrogens is 216 g/mol. The van der Waals surface area contributed by atoms with E-state index in [1.807, 2.05) is 25.1 Å². The second-order valence-electron chi connectivity index (χ2n) is 4.31. The lowest BCUT2D eigenvalue weighted by atomic mass is 10.0. The number of rotatable bonds is 3. The molecule has 0 aliphatic heterocycles. The highest BCUT2D eigenvalue weighted by Gasteiger charge is 2.35. The van der Waals surface area contributed by atoms with Crippen LogP contribution in [0.5, 0.6) is 0 Å². The van der Waals surface area contributed by atoms with E-state index in [1.165, 1.54) is 4.90 Å². The van der Waals surface area contributed by atoms with E-state index in [2.05, 4.69) is 18.7 Å². The summed E-state index contributed by atoms with van der Waals surface area (Å²) in [7, 11) is 0. The van der Waals surface area contributed by atoms with Gasteiger partial charge in [0.15, 0.2) is 0 Å². The van der Waals surface area contributed by atoms with Crippen molar-refractivity contribution in [3.05, 3.63) is 42.5 Å². The van der Waals surface area contributed by atoms with Gasteiger partial charge in [0.2, 0.25) is 0 Å². The number of allylic oxidation sites excluding steroid dienone is 1. The molecule has 2 unspecified atom stereocenters. The molecule has 1 nitrogen and oxygen atoms in total. The summed E-state index contributed by atoms with van der Waals surface area (Å²) in [4.78, 5) is 13.0. The SMILES string of the molecule is C=C(C)C1CCC(=O)C1Sc1ccccc1. The van der Waals surface area contributed by atoms with Crippen molar-refractivity contribution >= 4 is 17.5 Å². The van der Waals surface area contributed by atoms with E-state index in [0.29, 0.717) is 18.1 Å². The predicted molar refractivity (Wildman–Crippen MR) is 68.6 cm³/mol. The minimum atomic E-state index is 0.0832. The van der Waals surface area contributed by atoms with Gasteiger partial charge in [0.05, 0.1) is 5.25 Å². The summed E-state index contributed by atoms with van der Waals surface area (Å²) >= 11 is 1.69. The van der Waals surface area contributed by atoms with E-state index in [9.17, 15) is 4.79 Å². The number of benzene rings is 1. The average molecular weight is 232 g/mol. The van der Waals surface area contributed by atoms with Crippen LogP contribution in [0.3, 0.4) is 0 Å². The summed E-state index contributed by atoms with van der Waals surface area (Å²) in [6, 6.07) is 10.1. The summed E-state index contributed by atoms with van der Waals surface area (Å²) in [5.74, 6) is 0.736. The zero-order chi connectivity index (χ0) is 11.5. The molecule has 0 spiro atoms. The van der Waals surface area contributed by atoms with Crippen LogP contribution in [0, 0.1) is 5.92 Å². The van der Waals surface area contributed by atoms with Crippen molar-refractivity contribution in [1.29, 1.82) is 0 Å². The maximum atomic E-state index is 11.8. The second-order valence-corrected chi connectivity index (χ2v) is 5.52. The zero-order valence-electron chi connectivity index (χ0n) is 9.48. The molecule has 1 aliphatic rings. The van der Waals surface area contributed by atoms with Crippen LogP contribution in [0.2, 0.25) is 0 Å². The summed E-state index contributed by atoms with van der Waals surface area (Å²) < 4.78 is 0. The highest BCUT2D eigenvalue weighted by atomic mass is 32.2. The van der Waals surface area contributed by atoms with Gasteiger partial charge in [-0.1, -0.05) is 30.4 Å². The molecule has 1 aliphatic carbocycles. The normalized spacial score (nSPS) is 24.7. The molecule has 2 atom stereocenters. The molecule has 0 N–H and O–H groups in total. The first-order chi connectivity index (χ1) is 7.68. The van der Waals surface area contributed by atoms with Crippen molar-refractivity contribution in [1.82, 2.24) is 0 Å². The molecule has 0 bridgehead atoms. The highest BCUT2D eigenvalue weighted by Crippen LogP contribution is 2.39. The molecular formula is C14H16OS. The Morgan fingerprint density at radius 2 is 2.06 bits per heavy atom. The third-order valence-corrected chi connectivity index (χ3v) is 4.41. The smallest absolute Gasteiger partial charge is 0.146 e. The van der Waals surface area contributed by atoms with Crippen LogP contribution >= 0.6 is 11.8 Å². The van der Waals surface area contributed by atoms with Crippen molar-refractivity contribution in [2.45, 2.75) is 29.9 Å². The molecule has 1 aromatic carbocycles. The summed E-state index contributed by atoms with van der Waals surface area (Å²) in [6.07, 6.45) is 1.68. The molecule has 2 rings (SSSR count). The van der Waals surface area contributed by atoms with Gasteiger partial charge in [-0.3, -0.25) is 4.79 Å². The van der Waals surface area contributed by atoms with E-state index >= 15 is 0 Å². The Kier molecular flexibility index (Phi) is 3.49. The third kappa shape index (κ3) is 2.38. The maximum absolute atomic E-state index is 11.8. The van der Waals surface area contributed by atoms with Gasteiger partial charge >= 0.3 is 0 Å². The van der Waals surface area contributed by atoms with E-state index in [0.717, 1.165) is 12.0 Å². The number of hydrogen-bond acceptors (Lipinski definition) is 2. The minimum Gasteiger partial charge on any atom is -0.298 e. The largest absolute Gasteiger partial charge is 0.298 e. The lowest BCUT2D eigenvalue weighted by molar-refractivity contribution is -0.117. The number of carbonyl (C=O) groups is 1.